The molecule has 0 amide bonds. The lowest BCUT2D eigenvalue weighted by Gasteiger charge is -2.22. The van der Waals surface area contributed by atoms with Crippen LogP contribution in [0.1, 0.15) is 50.3 Å². The van der Waals surface area contributed by atoms with Crippen LogP contribution in [0.25, 0.3) is 0 Å². The van der Waals surface area contributed by atoms with Crippen molar-refractivity contribution in [3.63, 3.8) is 0 Å². The first kappa shape index (κ1) is 14.2. The summed E-state index contributed by atoms with van der Waals surface area (Å²) in [6, 6.07) is 6.79. The Balaban J connectivity index is 3.13. The van der Waals surface area contributed by atoms with Gasteiger partial charge in [0.1, 0.15) is 0 Å². The van der Waals surface area contributed by atoms with Gasteiger partial charge in [-0.25, -0.2) is 0 Å². The third-order valence-electron chi connectivity index (χ3n) is 3.69. The van der Waals surface area contributed by atoms with Crippen LogP contribution in [0.15, 0.2) is 18.2 Å². The van der Waals surface area contributed by atoms with Crippen LogP contribution >= 0.6 is 12.2 Å². The van der Waals surface area contributed by atoms with E-state index in [9.17, 15) is 0 Å². The van der Waals surface area contributed by atoms with Gasteiger partial charge in [0.25, 0.3) is 0 Å². The fourth-order valence-corrected chi connectivity index (χ4v) is 2.33. The quantitative estimate of drug-likeness (QED) is 0.802. The number of aryl methyl sites for hydroxylation is 2. The van der Waals surface area contributed by atoms with Crippen molar-refractivity contribution in [2.45, 2.75) is 46.5 Å². The summed E-state index contributed by atoms with van der Waals surface area (Å²) in [5, 5.41) is 0. The van der Waals surface area contributed by atoms with Crippen LogP contribution in [0.3, 0.4) is 0 Å². The molecule has 0 saturated heterocycles. The van der Waals surface area contributed by atoms with Gasteiger partial charge < -0.3 is 5.73 Å². The van der Waals surface area contributed by atoms with Gasteiger partial charge in [0.15, 0.2) is 0 Å². The lowest BCUT2D eigenvalue weighted by Crippen LogP contribution is -2.23. The molecule has 2 heteroatoms. The Labute approximate surface area is 110 Å². The van der Waals surface area contributed by atoms with Gasteiger partial charge in [-0.15, -0.1) is 0 Å². The standard InChI is InChI=1S/C15H23NS/c1-5-12-7-8-13(6-2)14(9-12)10(3)11(4)15(16)17/h7-11H,5-6H2,1-4H3,(H2,16,17). The lowest BCUT2D eigenvalue weighted by molar-refractivity contribution is 0.620. The Morgan fingerprint density at radius 2 is 1.88 bits per heavy atom. The fraction of sp³-hybridized carbons (Fsp3) is 0.533. The maximum Gasteiger partial charge on any atom is 0.0761 e. The van der Waals surface area contributed by atoms with Crippen molar-refractivity contribution in [1.29, 1.82) is 0 Å². The molecule has 1 nitrogen and oxygen atoms in total. The number of hydrogen-bond donors (Lipinski definition) is 1. The smallest absolute Gasteiger partial charge is 0.0761 e. The Morgan fingerprint density at radius 3 is 2.35 bits per heavy atom. The van der Waals surface area contributed by atoms with Crippen molar-refractivity contribution in [2.24, 2.45) is 11.7 Å². The average Bonchev–Trinajstić information content (AvgIpc) is 2.35. The second kappa shape index (κ2) is 6.15. The molecule has 0 aliphatic heterocycles. The monoisotopic (exact) mass is 249 g/mol. The van der Waals surface area contributed by atoms with E-state index in [0.717, 1.165) is 12.8 Å². The lowest BCUT2D eigenvalue weighted by atomic mass is 9.84. The molecular formula is C15H23NS. The van der Waals surface area contributed by atoms with Crippen molar-refractivity contribution in [3.05, 3.63) is 34.9 Å². The maximum absolute atomic E-state index is 5.77. The molecule has 2 N–H and O–H groups in total. The summed E-state index contributed by atoms with van der Waals surface area (Å²) in [7, 11) is 0. The second-order valence-corrected chi connectivity index (χ2v) is 5.19. The largest absolute Gasteiger partial charge is 0.393 e. The van der Waals surface area contributed by atoms with Crippen LogP contribution in [0.2, 0.25) is 0 Å². The minimum absolute atomic E-state index is 0.252. The van der Waals surface area contributed by atoms with E-state index in [4.69, 9.17) is 18.0 Å². The van der Waals surface area contributed by atoms with Crippen molar-refractivity contribution in [3.8, 4) is 0 Å². The molecule has 0 saturated carbocycles. The van der Waals surface area contributed by atoms with Gasteiger partial charge in [0.2, 0.25) is 0 Å². The summed E-state index contributed by atoms with van der Waals surface area (Å²) in [4.78, 5) is 0.612. The van der Waals surface area contributed by atoms with E-state index in [0.29, 0.717) is 10.9 Å². The van der Waals surface area contributed by atoms with Crippen LogP contribution < -0.4 is 5.73 Å². The minimum atomic E-state index is 0.252. The van der Waals surface area contributed by atoms with E-state index < -0.39 is 0 Å². The molecule has 0 aliphatic rings. The molecule has 1 aromatic rings. The van der Waals surface area contributed by atoms with Gasteiger partial charge in [-0.05, 0) is 35.4 Å². The van der Waals surface area contributed by atoms with Crippen molar-refractivity contribution >= 4 is 17.2 Å². The molecule has 0 aliphatic carbocycles. The van der Waals surface area contributed by atoms with E-state index in [1.54, 1.807) is 0 Å². The highest BCUT2D eigenvalue weighted by molar-refractivity contribution is 7.80. The molecule has 0 spiro atoms. The first-order valence-electron chi connectivity index (χ1n) is 6.42. The van der Waals surface area contributed by atoms with Crippen LogP contribution in [0, 0.1) is 5.92 Å². The van der Waals surface area contributed by atoms with Crippen molar-refractivity contribution in [2.75, 3.05) is 0 Å². The summed E-state index contributed by atoms with van der Waals surface area (Å²) in [6.45, 7) is 8.72. The minimum Gasteiger partial charge on any atom is -0.393 e. The first-order chi connectivity index (χ1) is 8.01. The van der Waals surface area contributed by atoms with E-state index in [1.807, 2.05) is 0 Å². The molecule has 0 heterocycles. The Bertz CT molecular complexity index is 398. The Morgan fingerprint density at radius 1 is 1.24 bits per heavy atom. The number of thiocarbonyl (C=S) groups is 1. The van der Waals surface area contributed by atoms with E-state index in [2.05, 4.69) is 45.9 Å². The van der Waals surface area contributed by atoms with Crippen molar-refractivity contribution < 1.29 is 0 Å². The predicted molar refractivity (Wildman–Crippen MR) is 79.6 cm³/mol. The maximum atomic E-state index is 5.77. The highest BCUT2D eigenvalue weighted by Crippen LogP contribution is 2.28. The van der Waals surface area contributed by atoms with Crippen molar-refractivity contribution in [1.82, 2.24) is 0 Å². The van der Waals surface area contributed by atoms with Crippen LogP contribution in [-0.2, 0) is 12.8 Å². The van der Waals surface area contributed by atoms with Gasteiger partial charge in [0.05, 0.1) is 4.99 Å². The average molecular weight is 249 g/mol. The Hall–Kier alpha value is -0.890. The first-order valence-corrected chi connectivity index (χ1v) is 6.83. The summed E-state index contributed by atoms with van der Waals surface area (Å²) >= 11 is 5.11. The SMILES string of the molecule is CCc1ccc(CC)c(C(C)C(C)C(N)=S)c1. The second-order valence-electron chi connectivity index (χ2n) is 4.72. The van der Waals surface area contributed by atoms with Crippen LogP contribution in [-0.4, -0.2) is 4.99 Å². The Kier molecular flexibility index (Phi) is 5.13. The van der Waals surface area contributed by atoms with Gasteiger partial charge >= 0.3 is 0 Å². The molecule has 17 heavy (non-hydrogen) atoms. The zero-order valence-corrected chi connectivity index (χ0v) is 12.1. The van der Waals surface area contributed by atoms with Gasteiger partial charge in [-0.3, -0.25) is 0 Å². The highest BCUT2D eigenvalue weighted by Gasteiger charge is 2.19. The topological polar surface area (TPSA) is 26.0 Å². The normalized spacial score (nSPS) is 14.4. The molecule has 0 radical (unpaired) electrons. The molecule has 2 unspecified atom stereocenters. The zero-order valence-electron chi connectivity index (χ0n) is 11.3. The van der Waals surface area contributed by atoms with Gasteiger partial charge in [-0.1, -0.05) is 58.1 Å². The molecule has 94 valence electrons. The molecular weight excluding hydrogens is 226 g/mol. The molecule has 2 atom stereocenters. The fourth-order valence-electron chi connectivity index (χ4n) is 2.13. The zero-order chi connectivity index (χ0) is 13.0. The summed E-state index contributed by atoms with van der Waals surface area (Å²) in [6.07, 6.45) is 2.14. The number of hydrogen-bond acceptors (Lipinski definition) is 1. The summed E-state index contributed by atoms with van der Waals surface area (Å²) in [5.74, 6) is 0.649. The van der Waals surface area contributed by atoms with E-state index in [1.165, 1.54) is 16.7 Å². The number of nitrogens with two attached hydrogens (primary N) is 1. The van der Waals surface area contributed by atoms with Crippen LogP contribution in [0.4, 0.5) is 0 Å². The molecule has 0 fully saturated rings. The summed E-state index contributed by atoms with van der Waals surface area (Å²) in [5.41, 5.74) is 9.98. The molecule has 0 bridgehead atoms. The van der Waals surface area contributed by atoms with E-state index >= 15 is 0 Å². The highest BCUT2D eigenvalue weighted by atomic mass is 32.1. The van der Waals surface area contributed by atoms with Crippen LogP contribution in [0.5, 0.6) is 0 Å². The van der Waals surface area contributed by atoms with Gasteiger partial charge in [0, 0.05) is 5.92 Å². The number of benzene rings is 1. The summed E-state index contributed by atoms with van der Waals surface area (Å²) < 4.78 is 0. The molecule has 1 aromatic carbocycles. The molecule has 0 aromatic heterocycles. The predicted octanol–water partition coefficient (Wildman–Crippen LogP) is 3.84. The molecule has 1 rings (SSSR count). The third kappa shape index (κ3) is 3.29. The van der Waals surface area contributed by atoms with Gasteiger partial charge in [-0.2, -0.15) is 0 Å². The number of rotatable bonds is 5. The third-order valence-corrected chi connectivity index (χ3v) is 4.06. The van der Waals surface area contributed by atoms with E-state index in [-0.39, 0.29) is 5.92 Å².